The highest BCUT2D eigenvalue weighted by molar-refractivity contribution is 7.95. The van der Waals surface area contributed by atoms with Gasteiger partial charge in [0.2, 0.25) is 10.0 Å². The van der Waals surface area contributed by atoms with Crippen LogP contribution in [-0.4, -0.2) is 28.6 Å². The highest BCUT2D eigenvalue weighted by Crippen LogP contribution is 2.42. The van der Waals surface area contributed by atoms with Crippen molar-refractivity contribution in [2.24, 2.45) is 5.14 Å². The molecule has 0 unspecified atom stereocenters. The number of nitrogens with two attached hydrogens (primary N) is 1. The molecule has 0 bridgehead atoms. The van der Waals surface area contributed by atoms with Crippen molar-refractivity contribution in [2.45, 2.75) is 39.9 Å². The van der Waals surface area contributed by atoms with Crippen molar-refractivity contribution >= 4 is 31.2 Å². The topological polar surface area (TPSA) is 106 Å². The van der Waals surface area contributed by atoms with E-state index in [-0.39, 0.29) is 16.9 Å². The van der Waals surface area contributed by atoms with Crippen LogP contribution in [0.25, 0.3) is 0 Å². The van der Waals surface area contributed by atoms with E-state index in [1.54, 1.807) is 0 Å². The summed E-state index contributed by atoms with van der Waals surface area (Å²) in [4.78, 5) is 0. The lowest BCUT2D eigenvalue weighted by Crippen LogP contribution is -2.33. The van der Waals surface area contributed by atoms with E-state index < -0.39 is 59.3 Å². The number of sulfone groups is 1. The Morgan fingerprint density at radius 2 is 2.42 bits per heavy atom. The second-order valence-electron chi connectivity index (χ2n) is 3.93. The third-order valence-electron chi connectivity index (χ3n) is 2.63. The second kappa shape index (κ2) is 4.81. The molecule has 0 amide bonds. The number of thiophene rings is 1. The summed E-state index contributed by atoms with van der Waals surface area (Å²) < 4.78 is 93.2. The Bertz CT molecular complexity index is 902. The SMILES string of the molecule is [2H]C([2H])(C)N[C@H]1C[C@]([2H])(C([2H])([2H])[2H])S(=O)(=O)c2sc(S(N)(=O)=O)cc21. The van der Waals surface area contributed by atoms with Crippen molar-refractivity contribution in [3.05, 3.63) is 11.6 Å². The van der Waals surface area contributed by atoms with Crippen LogP contribution in [0.4, 0.5) is 0 Å². The third kappa shape index (κ3) is 2.57. The molecule has 0 radical (unpaired) electrons. The Labute approximate surface area is 125 Å². The lowest BCUT2D eigenvalue weighted by molar-refractivity contribution is 0.477. The maximum atomic E-state index is 12.7. The molecule has 0 aliphatic carbocycles. The van der Waals surface area contributed by atoms with E-state index in [2.05, 4.69) is 5.32 Å². The van der Waals surface area contributed by atoms with Gasteiger partial charge < -0.3 is 5.32 Å². The predicted octanol–water partition coefficient (Wildman–Crippen LogP) is 0.612. The molecule has 0 aromatic carbocycles. The molecule has 0 spiro atoms. The van der Waals surface area contributed by atoms with Gasteiger partial charge in [0.25, 0.3) is 0 Å². The van der Waals surface area contributed by atoms with E-state index in [1.165, 1.54) is 0 Å². The number of hydrogen-bond donors (Lipinski definition) is 2. The van der Waals surface area contributed by atoms with Crippen LogP contribution < -0.4 is 10.5 Å². The van der Waals surface area contributed by atoms with Gasteiger partial charge in [-0.1, -0.05) is 6.92 Å². The number of rotatable bonds is 3. The molecule has 1 aromatic rings. The molecular formula is C10H16N2O4S3. The Balaban J connectivity index is 2.79. The second-order valence-corrected chi connectivity index (χ2v) is 8.94. The Morgan fingerprint density at radius 1 is 1.74 bits per heavy atom. The Hall–Kier alpha value is -0.480. The van der Waals surface area contributed by atoms with Gasteiger partial charge in [-0.2, -0.15) is 0 Å². The first-order valence-corrected chi connectivity index (χ1v) is 8.94. The standard InChI is InChI=1S/C10H16N2O4S3/c1-3-12-8-4-6(2)18(13,14)10-7(8)5-9(17-10)19(11,15)16/h5-6,8,12H,3-4H2,1-2H3,(H2,11,15,16)/t6-,8-/m0/s1/i2D3,3D2,6D. The minimum absolute atomic E-state index is 0.105. The third-order valence-corrected chi connectivity index (χ3v) is 7.45. The summed E-state index contributed by atoms with van der Waals surface area (Å²) in [6.07, 6.45) is -0.771. The van der Waals surface area contributed by atoms with Crippen LogP contribution in [0, 0.1) is 0 Å². The lowest BCUT2D eigenvalue weighted by Gasteiger charge is -2.27. The molecule has 2 atom stereocenters. The fourth-order valence-corrected chi connectivity index (χ4v) is 5.76. The van der Waals surface area contributed by atoms with Crippen LogP contribution in [0.5, 0.6) is 0 Å². The quantitative estimate of drug-likeness (QED) is 0.844. The minimum Gasteiger partial charge on any atom is -0.310 e. The van der Waals surface area contributed by atoms with Gasteiger partial charge in [0.1, 0.15) is 8.42 Å². The molecular weight excluding hydrogens is 308 g/mol. The van der Waals surface area contributed by atoms with Crippen LogP contribution in [0.3, 0.4) is 0 Å². The first-order valence-electron chi connectivity index (χ1n) is 8.09. The zero-order valence-electron chi connectivity index (χ0n) is 15.8. The molecule has 1 aromatic heterocycles. The Kier molecular flexibility index (Phi) is 2.21. The van der Waals surface area contributed by atoms with Crippen LogP contribution in [0.1, 0.15) is 40.0 Å². The normalized spacial score (nSPS) is 36.0. The van der Waals surface area contributed by atoms with Crippen molar-refractivity contribution in [2.75, 3.05) is 6.50 Å². The molecule has 2 heterocycles. The van der Waals surface area contributed by atoms with E-state index in [0.717, 1.165) is 13.0 Å². The lowest BCUT2D eigenvalue weighted by atomic mass is 10.1. The highest BCUT2D eigenvalue weighted by Gasteiger charge is 2.39. The van der Waals surface area contributed by atoms with Crippen molar-refractivity contribution in [3.8, 4) is 0 Å². The van der Waals surface area contributed by atoms with Crippen LogP contribution >= 0.6 is 11.3 Å². The molecule has 9 heteroatoms. The molecule has 6 nitrogen and oxygen atoms in total. The number of primary sulfonamides is 1. The highest BCUT2D eigenvalue weighted by atomic mass is 32.3. The zero-order valence-corrected chi connectivity index (χ0v) is 12.2. The fourth-order valence-electron chi connectivity index (χ4n) is 1.78. The minimum atomic E-state index is -4.73. The van der Waals surface area contributed by atoms with Gasteiger partial charge in [-0.15, -0.1) is 11.3 Å². The van der Waals surface area contributed by atoms with Gasteiger partial charge in [0, 0.05) is 19.8 Å². The summed E-state index contributed by atoms with van der Waals surface area (Å²) >= 11 is 0.264. The van der Waals surface area contributed by atoms with Gasteiger partial charge in [0.15, 0.2) is 9.84 Å². The fraction of sp³-hybridized carbons (Fsp3) is 0.600. The van der Waals surface area contributed by atoms with Gasteiger partial charge >= 0.3 is 0 Å². The summed E-state index contributed by atoms with van der Waals surface area (Å²) in [5, 5.41) is 4.48. The molecule has 0 fully saturated rings. The summed E-state index contributed by atoms with van der Waals surface area (Å²) in [5.41, 5.74) is -0.105. The summed E-state index contributed by atoms with van der Waals surface area (Å²) in [6.45, 7) is -4.12. The first-order chi connectivity index (χ1) is 10.9. The first kappa shape index (κ1) is 8.73. The molecule has 19 heavy (non-hydrogen) atoms. The average Bonchev–Trinajstić information content (AvgIpc) is 2.78. The maximum absolute atomic E-state index is 12.7. The Morgan fingerprint density at radius 3 is 2.95 bits per heavy atom. The summed E-state index contributed by atoms with van der Waals surface area (Å²) in [5.74, 6) is 0. The van der Waals surface area contributed by atoms with Crippen molar-refractivity contribution in [3.63, 3.8) is 0 Å². The van der Waals surface area contributed by atoms with Gasteiger partial charge in [-0.3, -0.25) is 0 Å². The monoisotopic (exact) mass is 330 g/mol. The van der Waals surface area contributed by atoms with Crippen molar-refractivity contribution < 1.29 is 25.1 Å². The van der Waals surface area contributed by atoms with E-state index >= 15 is 0 Å². The van der Waals surface area contributed by atoms with Crippen molar-refractivity contribution in [1.82, 2.24) is 5.32 Å². The van der Waals surface area contributed by atoms with Gasteiger partial charge in [-0.05, 0) is 25.8 Å². The molecule has 108 valence electrons. The molecule has 3 N–H and O–H groups in total. The van der Waals surface area contributed by atoms with E-state index in [4.69, 9.17) is 13.4 Å². The largest absolute Gasteiger partial charge is 0.310 e. The molecule has 1 aliphatic heterocycles. The van der Waals surface area contributed by atoms with Gasteiger partial charge in [-0.25, -0.2) is 22.0 Å². The number of sulfonamides is 1. The van der Waals surface area contributed by atoms with E-state index in [9.17, 15) is 16.8 Å². The smallest absolute Gasteiger partial charge is 0.247 e. The molecule has 1 aliphatic rings. The summed E-state index contributed by atoms with van der Waals surface area (Å²) in [6, 6.07) is -0.210. The van der Waals surface area contributed by atoms with Crippen LogP contribution in [0.2, 0.25) is 0 Å². The van der Waals surface area contributed by atoms with Crippen LogP contribution in [0.15, 0.2) is 14.5 Å². The molecule has 0 saturated heterocycles. The van der Waals surface area contributed by atoms with Gasteiger partial charge in [0.05, 0.1) is 5.23 Å². The van der Waals surface area contributed by atoms with Crippen molar-refractivity contribution in [1.29, 1.82) is 0 Å². The van der Waals surface area contributed by atoms with E-state index in [0.29, 0.717) is 0 Å². The van der Waals surface area contributed by atoms with Crippen LogP contribution in [-0.2, 0) is 19.9 Å². The maximum Gasteiger partial charge on any atom is 0.247 e. The number of fused-ring (bicyclic) bond motifs is 1. The molecule has 0 saturated carbocycles. The van der Waals surface area contributed by atoms with E-state index in [1.807, 2.05) is 0 Å². The molecule has 2 rings (SSSR count). The average molecular weight is 330 g/mol. The zero-order chi connectivity index (χ0) is 19.6. The predicted molar refractivity (Wildman–Crippen MR) is 73.4 cm³/mol. The number of nitrogens with one attached hydrogen (secondary N) is 1. The summed E-state index contributed by atoms with van der Waals surface area (Å²) in [7, 11) is -8.98. The number of hydrogen-bond acceptors (Lipinski definition) is 6.